The molecule has 1 unspecified atom stereocenters. The second kappa shape index (κ2) is 3.18. The quantitative estimate of drug-likeness (QED) is 0.615. The van der Waals surface area contributed by atoms with Crippen LogP contribution in [0.4, 0.5) is 0 Å². The van der Waals surface area contributed by atoms with Crippen LogP contribution < -0.4 is 0 Å². The second-order valence-electron chi connectivity index (χ2n) is 2.45. The monoisotopic (exact) mass is 180 g/mol. The second-order valence-corrected chi connectivity index (χ2v) is 3.32. The van der Waals surface area contributed by atoms with Gasteiger partial charge in [-0.15, -0.1) is 0 Å². The first kappa shape index (κ1) is 7.67. The SMILES string of the molecule is CSCC1=NC=NC2=NC=NC12. The lowest BCUT2D eigenvalue weighted by Crippen LogP contribution is -2.29. The molecule has 0 aromatic heterocycles. The van der Waals surface area contributed by atoms with Gasteiger partial charge in [-0.3, -0.25) is 4.99 Å². The fraction of sp³-hybridized carbons (Fsp3) is 0.429. The Labute approximate surface area is 74.6 Å². The number of hydrogen-bond acceptors (Lipinski definition) is 5. The van der Waals surface area contributed by atoms with Crippen molar-refractivity contribution in [1.82, 2.24) is 0 Å². The van der Waals surface area contributed by atoms with Gasteiger partial charge < -0.3 is 0 Å². The predicted octanol–water partition coefficient (Wildman–Crippen LogP) is 0.641. The van der Waals surface area contributed by atoms with Crippen molar-refractivity contribution in [3.05, 3.63) is 0 Å². The van der Waals surface area contributed by atoms with E-state index in [0.29, 0.717) is 0 Å². The number of thioether (sulfide) groups is 1. The predicted molar refractivity (Wildman–Crippen MR) is 54.0 cm³/mol. The Kier molecular flexibility index (Phi) is 2.03. The largest absolute Gasteiger partial charge is 0.256 e. The van der Waals surface area contributed by atoms with Crippen LogP contribution in [0, 0.1) is 0 Å². The highest BCUT2D eigenvalue weighted by atomic mass is 32.2. The summed E-state index contributed by atoms with van der Waals surface area (Å²) in [5, 5.41) is 0. The molecule has 0 N–H and O–H groups in total. The first-order valence-electron chi connectivity index (χ1n) is 3.59. The van der Waals surface area contributed by atoms with Crippen molar-refractivity contribution in [2.75, 3.05) is 12.0 Å². The van der Waals surface area contributed by atoms with E-state index in [1.807, 2.05) is 6.26 Å². The van der Waals surface area contributed by atoms with Crippen LogP contribution >= 0.6 is 11.8 Å². The summed E-state index contributed by atoms with van der Waals surface area (Å²) in [6, 6.07) is 0.00227. The van der Waals surface area contributed by atoms with Gasteiger partial charge in [0.2, 0.25) is 0 Å². The van der Waals surface area contributed by atoms with Gasteiger partial charge in [-0.25, -0.2) is 15.0 Å². The van der Waals surface area contributed by atoms with E-state index in [2.05, 4.69) is 20.0 Å². The number of aliphatic imine (C=N–C) groups is 4. The summed E-state index contributed by atoms with van der Waals surface area (Å²) < 4.78 is 0. The van der Waals surface area contributed by atoms with Crippen LogP contribution in [-0.2, 0) is 0 Å². The normalized spacial score (nSPS) is 25.2. The molecule has 0 aromatic rings. The van der Waals surface area contributed by atoms with Gasteiger partial charge in [0.1, 0.15) is 12.7 Å². The molecule has 2 aliphatic heterocycles. The zero-order valence-corrected chi connectivity index (χ0v) is 7.45. The van der Waals surface area contributed by atoms with Crippen LogP contribution in [0.3, 0.4) is 0 Å². The van der Waals surface area contributed by atoms with E-state index in [9.17, 15) is 0 Å². The van der Waals surface area contributed by atoms with Crippen LogP contribution in [0.1, 0.15) is 0 Å². The third kappa shape index (κ3) is 1.20. The maximum Gasteiger partial charge on any atom is 0.162 e. The molecule has 4 nitrogen and oxygen atoms in total. The summed E-state index contributed by atoms with van der Waals surface area (Å²) in [4.78, 5) is 16.4. The van der Waals surface area contributed by atoms with E-state index in [-0.39, 0.29) is 6.04 Å². The van der Waals surface area contributed by atoms with Crippen LogP contribution in [-0.4, -0.2) is 42.3 Å². The number of hydrogen-bond donors (Lipinski definition) is 0. The van der Waals surface area contributed by atoms with Crippen molar-refractivity contribution in [3.63, 3.8) is 0 Å². The van der Waals surface area contributed by atoms with Gasteiger partial charge in [-0.1, -0.05) is 0 Å². The number of fused-ring (bicyclic) bond motifs is 1. The van der Waals surface area contributed by atoms with Crippen molar-refractivity contribution in [3.8, 4) is 0 Å². The van der Waals surface area contributed by atoms with Gasteiger partial charge in [-0.2, -0.15) is 11.8 Å². The van der Waals surface area contributed by atoms with Gasteiger partial charge in [0, 0.05) is 5.75 Å². The van der Waals surface area contributed by atoms with E-state index < -0.39 is 0 Å². The van der Waals surface area contributed by atoms with E-state index in [1.54, 1.807) is 24.4 Å². The third-order valence-corrected chi connectivity index (χ3v) is 2.26. The molecular formula is C7H8N4S. The fourth-order valence-corrected chi connectivity index (χ4v) is 1.66. The van der Waals surface area contributed by atoms with E-state index in [1.165, 1.54) is 0 Å². The van der Waals surface area contributed by atoms with Crippen molar-refractivity contribution in [2.24, 2.45) is 20.0 Å². The fourth-order valence-electron chi connectivity index (χ4n) is 1.13. The molecule has 2 heterocycles. The van der Waals surface area contributed by atoms with Gasteiger partial charge in [0.25, 0.3) is 0 Å². The average Bonchev–Trinajstić information content (AvgIpc) is 2.53. The number of amidine groups is 1. The molecule has 1 atom stereocenters. The van der Waals surface area contributed by atoms with Crippen LogP contribution in [0.5, 0.6) is 0 Å². The molecule has 0 aromatic carbocycles. The molecule has 2 rings (SSSR count). The van der Waals surface area contributed by atoms with Crippen molar-refractivity contribution < 1.29 is 0 Å². The molecule has 2 aliphatic rings. The van der Waals surface area contributed by atoms with Gasteiger partial charge in [0.05, 0.1) is 5.71 Å². The summed E-state index contributed by atoms with van der Waals surface area (Å²) >= 11 is 1.74. The first-order chi connectivity index (χ1) is 5.92. The molecule has 12 heavy (non-hydrogen) atoms. The maximum absolute atomic E-state index is 4.17. The minimum Gasteiger partial charge on any atom is -0.256 e. The first-order valence-corrected chi connectivity index (χ1v) is 4.98. The minimum absolute atomic E-state index is 0.00227. The Hall–Kier alpha value is -0.970. The lowest BCUT2D eigenvalue weighted by atomic mass is 10.2. The summed E-state index contributed by atoms with van der Waals surface area (Å²) in [5.41, 5.74) is 1.05. The molecule has 0 spiro atoms. The Morgan fingerprint density at radius 2 is 2.33 bits per heavy atom. The highest BCUT2D eigenvalue weighted by Crippen LogP contribution is 2.11. The molecule has 0 radical (unpaired) electrons. The Morgan fingerprint density at radius 1 is 1.42 bits per heavy atom. The Balaban J connectivity index is 2.23. The average molecular weight is 180 g/mol. The summed E-state index contributed by atoms with van der Waals surface area (Å²) in [6.45, 7) is 0. The summed E-state index contributed by atoms with van der Waals surface area (Å²) in [7, 11) is 0. The van der Waals surface area contributed by atoms with Gasteiger partial charge >= 0.3 is 0 Å². The molecule has 0 bridgehead atoms. The lowest BCUT2D eigenvalue weighted by Gasteiger charge is -2.12. The Morgan fingerprint density at radius 3 is 3.17 bits per heavy atom. The molecule has 0 fully saturated rings. The molecule has 0 saturated carbocycles. The third-order valence-electron chi connectivity index (χ3n) is 1.67. The van der Waals surface area contributed by atoms with Gasteiger partial charge in [0.15, 0.2) is 11.9 Å². The highest BCUT2D eigenvalue weighted by molar-refractivity contribution is 7.99. The van der Waals surface area contributed by atoms with E-state index in [4.69, 9.17) is 0 Å². The maximum atomic E-state index is 4.17. The Bertz CT molecular complexity index is 303. The molecule has 5 heteroatoms. The van der Waals surface area contributed by atoms with Gasteiger partial charge in [-0.05, 0) is 6.26 Å². The smallest absolute Gasteiger partial charge is 0.162 e. The zero-order chi connectivity index (χ0) is 8.39. The van der Waals surface area contributed by atoms with Crippen molar-refractivity contribution in [2.45, 2.75) is 6.04 Å². The van der Waals surface area contributed by atoms with Crippen LogP contribution in [0.15, 0.2) is 20.0 Å². The zero-order valence-electron chi connectivity index (χ0n) is 6.64. The lowest BCUT2D eigenvalue weighted by molar-refractivity contribution is 1.13. The highest BCUT2D eigenvalue weighted by Gasteiger charge is 2.24. The van der Waals surface area contributed by atoms with E-state index in [0.717, 1.165) is 17.3 Å². The number of nitrogens with zero attached hydrogens (tertiary/aromatic N) is 4. The van der Waals surface area contributed by atoms with Crippen LogP contribution in [0.2, 0.25) is 0 Å². The van der Waals surface area contributed by atoms with E-state index >= 15 is 0 Å². The molecular weight excluding hydrogens is 172 g/mol. The van der Waals surface area contributed by atoms with Crippen LogP contribution in [0.25, 0.3) is 0 Å². The number of rotatable bonds is 2. The minimum atomic E-state index is 0.00227. The topological polar surface area (TPSA) is 49.4 Å². The molecule has 0 amide bonds. The summed E-state index contributed by atoms with van der Waals surface area (Å²) in [6.07, 6.45) is 5.15. The summed E-state index contributed by atoms with van der Waals surface area (Å²) in [5.74, 6) is 1.67. The molecule has 0 saturated heterocycles. The molecule has 62 valence electrons. The van der Waals surface area contributed by atoms with Crippen molar-refractivity contribution >= 4 is 36.0 Å². The van der Waals surface area contributed by atoms with Crippen molar-refractivity contribution in [1.29, 1.82) is 0 Å². The standard InChI is InChI=1S/C7H8N4S/c1-12-2-5-6-7(10-3-8-5)11-4-9-6/h3-4,6H,2H2,1H3. The molecule has 0 aliphatic carbocycles.